The summed E-state index contributed by atoms with van der Waals surface area (Å²) in [5.74, 6) is 0. The van der Waals surface area contributed by atoms with Gasteiger partial charge in [-0.05, 0) is 19.4 Å². The molecule has 0 unspecified atom stereocenters. The zero-order valence-corrected chi connectivity index (χ0v) is 7.95. The van der Waals surface area contributed by atoms with Crippen LogP contribution in [0.2, 0.25) is 0 Å². The minimum atomic E-state index is 0.781. The summed E-state index contributed by atoms with van der Waals surface area (Å²) in [6.07, 6.45) is 3.82. The molecule has 0 fully saturated rings. The Kier molecular flexibility index (Phi) is 5.20. The van der Waals surface area contributed by atoms with E-state index in [1.807, 2.05) is 6.07 Å². The lowest BCUT2D eigenvalue weighted by Crippen LogP contribution is -2.15. The first kappa shape index (κ1) is 10.2. The van der Waals surface area contributed by atoms with Gasteiger partial charge in [0.1, 0.15) is 6.26 Å². The van der Waals surface area contributed by atoms with E-state index < -0.39 is 0 Å². The van der Waals surface area contributed by atoms with Crippen LogP contribution in [0.15, 0.2) is 16.9 Å². The fourth-order valence-corrected chi connectivity index (χ4v) is 1.04. The molecule has 1 N–H and O–H groups in total. The Morgan fingerprint density at radius 3 is 3.15 bits per heavy atom. The van der Waals surface area contributed by atoms with Crippen LogP contribution in [0.4, 0.5) is 0 Å². The van der Waals surface area contributed by atoms with Gasteiger partial charge in [-0.2, -0.15) is 0 Å². The number of hydrogen-bond acceptors (Lipinski definition) is 4. The minimum Gasteiger partial charge on any atom is -0.385 e. The number of unbranched alkanes of at least 4 members (excludes halogenated alkanes) is 1. The molecule has 1 aromatic heterocycles. The molecule has 13 heavy (non-hydrogen) atoms. The average Bonchev–Trinajstić information content (AvgIpc) is 2.63. The van der Waals surface area contributed by atoms with E-state index >= 15 is 0 Å². The van der Waals surface area contributed by atoms with Crippen molar-refractivity contribution < 1.29 is 9.26 Å². The number of ether oxygens (including phenoxy) is 1. The van der Waals surface area contributed by atoms with Crippen molar-refractivity contribution >= 4 is 0 Å². The Morgan fingerprint density at radius 2 is 2.46 bits per heavy atom. The fourth-order valence-electron chi connectivity index (χ4n) is 1.04. The van der Waals surface area contributed by atoms with Gasteiger partial charge in [-0.3, -0.25) is 0 Å². The topological polar surface area (TPSA) is 47.3 Å². The van der Waals surface area contributed by atoms with Crippen LogP contribution in [0, 0.1) is 0 Å². The van der Waals surface area contributed by atoms with E-state index in [2.05, 4.69) is 10.5 Å². The predicted octanol–water partition coefficient (Wildman–Crippen LogP) is 1.19. The Labute approximate surface area is 78.2 Å². The van der Waals surface area contributed by atoms with Crippen molar-refractivity contribution in [2.24, 2.45) is 0 Å². The summed E-state index contributed by atoms with van der Waals surface area (Å²) in [6.45, 7) is 2.62. The van der Waals surface area contributed by atoms with Crippen molar-refractivity contribution in [3.63, 3.8) is 0 Å². The molecular formula is C9H16N2O2. The molecule has 0 spiro atoms. The van der Waals surface area contributed by atoms with E-state index in [9.17, 15) is 0 Å². The molecule has 1 aromatic rings. The lowest BCUT2D eigenvalue weighted by molar-refractivity contribution is 0.192. The normalized spacial score (nSPS) is 10.5. The van der Waals surface area contributed by atoms with Crippen LogP contribution in [0.25, 0.3) is 0 Å². The van der Waals surface area contributed by atoms with Crippen LogP contribution in [0.1, 0.15) is 18.5 Å². The van der Waals surface area contributed by atoms with Crippen LogP contribution in [0.5, 0.6) is 0 Å². The van der Waals surface area contributed by atoms with Crippen molar-refractivity contribution in [1.29, 1.82) is 0 Å². The van der Waals surface area contributed by atoms with Crippen LogP contribution in [-0.4, -0.2) is 25.4 Å². The maximum Gasteiger partial charge on any atom is 0.124 e. The van der Waals surface area contributed by atoms with Gasteiger partial charge in [-0.15, -0.1) is 0 Å². The summed E-state index contributed by atoms with van der Waals surface area (Å²) in [5.41, 5.74) is 0.951. The molecule has 4 heteroatoms. The Bertz CT molecular complexity index is 199. The van der Waals surface area contributed by atoms with Gasteiger partial charge < -0.3 is 14.6 Å². The molecule has 0 aliphatic carbocycles. The quantitative estimate of drug-likeness (QED) is 0.647. The second-order valence-electron chi connectivity index (χ2n) is 2.87. The number of aromatic nitrogens is 1. The van der Waals surface area contributed by atoms with Crippen molar-refractivity contribution in [3.8, 4) is 0 Å². The van der Waals surface area contributed by atoms with Crippen LogP contribution >= 0.6 is 0 Å². The molecule has 0 amide bonds. The number of nitrogens with one attached hydrogen (secondary N) is 1. The monoisotopic (exact) mass is 184 g/mol. The molecule has 0 atom stereocenters. The first-order chi connectivity index (χ1) is 6.43. The van der Waals surface area contributed by atoms with Gasteiger partial charge in [0, 0.05) is 26.3 Å². The smallest absolute Gasteiger partial charge is 0.124 e. The lowest BCUT2D eigenvalue weighted by atomic mass is 10.3. The van der Waals surface area contributed by atoms with Crippen molar-refractivity contribution in [1.82, 2.24) is 10.5 Å². The molecule has 0 saturated heterocycles. The Morgan fingerprint density at radius 1 is 1.54 bits per heavy atom. The molecule has 1 heterocycles. The second-order valence-corrected chi connectivity index (χ2v) is 2.87. The average molecular weight is 184 g/mol. The third-order valence-electron chi connectivity index (χ3n) is 1.75. The SMILES string of the molecule is COCCCCNCc1ccon1. The largest absolute Gasteiger partial charge is 0.385 e. The summed E-state index contributed by atoms with van der Waals surface area (Å²) in [5, 5.41) is 7.06. The van der Waals surface area contributed by atoms with Crippen molar-refractivity contribution in [3.05, 3.63) is 18.0 Å². The number of nitrogens with zero attached hydrogens (tertiary/aromatic N) is 1. The summed E-state index contributed by atoms with van der Waals surface area (Å²) >= 11 is 0. The molecule has 0 saturated carbocycles. The third-order valence-corrected chi connectivity index (χ3v) is 1.75. The van der Waals surface area contributed by atoms with Crippen LogP contribution in [0.3, 0.4) is 0 Å². The predicted molar refractivity (Wildman–Crippen MR) is 49.3 cm³/mol. The molecule has 4 nitrogen and oxygen atoms in total. The van der Waals surface area contributed by atoms with Crippen molar-refractivity contribution in [2.75, 3.05) is 20.3 Å². The first-order valence-electron chi connectivity index (χ1n) is 4.52. The highest BCUT2D eigenvalue weighted by atomic mass is 16.5. The van der Waals surface area contributed by atoms with E-state index in [1.54, 1.807) is 13.4 Å². The maximum atomic E-state index is 4.94. The number of methoxy groups -OCH3 is 1. The molecule has 74 valence electrons. The van der Waals surface area contributed by atoms with Gasteiger partial charge in [0.25, 0.3) is 0 Å². The Hall–Kier alpha value is -0.870. The summed E-state index contributed by atoms with van der Waals surface area (Å²) in [7, 11) is 1.73. The standard InChI is InChI=1S/C9H16N2O2/c1-12-6-3-2-5-10-8-9-4-7-13-11-9/h4,7,10H,2-3,5-6,8H2,1H3. The highest BCUT2D eigenvalue weighted by Gasteiger charge is 1.94. The highest BCUT2D eigenvalue weighted by molar-refractivity contribution is 4.93. The second kappa shape index (κ2) is 6.62. The van der Waals surface area contributed by atoms with Gasteiger partial charge in [0.05, 0.1) is 5.69 Å². The lowest BCUT2D eigenvalue weighted by Gasteiger charge is -2.01. The van der Waals surface area contributed by atoms with E-state index in [0.29, 0.717) is 0 Å². The Balaban J connectivity index is 1.90. The molecular weight excluding hydrogens is 168 g/mol. The molecule has 1 rings (SSSR count). The van der Waals surface area contributed by atoms with Gasteiger partial charge in [0.15, 0.2) is 0 Å². The van der Waals surface area contributed by atoms with Crippen molar-refractivity contribution in [2.45, 2.75) is 19.4 Å². The van der Waals surface area contributed by atoms with Crippen LogP contribution < -0.4 is 5.32 Å². The van der Waals surface area contributed by atoms with Gasteiger partial charge in [-0.1, -0.05) is 5.16 Å². The van der Waals surface area contributed by atoms with Gasteiger partial charge in [0.2, 0.25) is 0 Å². The van der Waals surface area contributed by atoms with E-state index in [4.69, 9.17) is 9.26 Å². The molecule has 0 aliphatic heterocycles. The van der Waals surface area contributed by atoms with Gasteiger partial charge in [-0.25, -0.2) is 0 Å². The molecule has 0 aromatic carbocycles. The van der Waals surface area contributed by atoms with E-state index in [-0.39, 0.29) is 0 Å². The first-order valence-corrected chi connectivity index (χ1v) is 4.52. The zero-order valence-electron chi connectivity index (χ0n) is 7.95. The highest BCUT2D eigenvalue weighted by Crippen LogP contribution is 1.93. The van der Waals surface area contributed by atoms with E-state index in [1.165, 1.54) is 0 Å². The fraction of sp³-hybridized carbons (Fsp3) is 0.667. The van der Waals surface area contributed by atoms with E-state index in [0.717, 1.165) is 38.2 Å². The number of hydrogen-bond donors (Lipinski definition) is 1. The molecule has 0 radical (unpaired) electrons. The van der Waals surface area contributed by atoms with Crippen LogP contribution in [-0.2, 0) is 11.3 Å². The molecule has 0 bridgehead atoms. The summed E-state index contributed by atoms with van der Waals surface area (Å²) in [6, 6.07) is 1.86. The zero-order chi connectivity index (χ0) is 9.36. The molecule has 0 aliphatic rings. The summed E-state index contributed by atoms with van der Waals surface area (Å²) < 4.78 is 9.64. The van der Waals surface area contributed by atoms with Gasteiger partial charge >= 0.3 is 0 Å². The summed E-state index contributed by atoms with van der Waals surface area (Å²) in [4.78, 5) is 0. The maximum absolute atomic E-state index is 4.94. The third kappa shape index (κ3) is 4.65. The minimum absolute atomic E-state index is 0.781. The number of rotatable bonds is 7.